The summed E-state index contributed by atoms with van der Waals surface area (Å²) in [6.45, 7) is 3.20. The number of anilines is 1. The van der Waals surface area contributed by atoms with E-state index in [1.807, 2.05) is 22.9 Å². The number of carbonyl (C=O) groups excluding carboxylic acids is 1. The molecule has 17 heteroatoms. The van der Waals surface area contributed by atoms with Gasteiger partial charge in [-0.2, -0.15) is 13.2 Å². The van der Waals surface area contributed by atoms with Gasteiger partial charge in [0.1, 0.15) is 52.1 Å². The largest absolute Gasteiger partial charge is 0.495 e. The van der Waals surface area contributed by atoms with Crippen LogP contribution in [0.1, 0.15) is 39.8 Å². The van der Waals surface area contributed by atoms with Crippen LogP contribution in [0.15, 0.2) is 59.6 Å². The van der Waals surface area contributed by atoms with E-state index in [1.165, 1.54) is 13.2 Å². The number of alkyl halides is 3. The Hall–Kier alpha value is -4.29. The maximum Gasteiger partial charge on any atom is 0.433 e. The number of imidazole rings is 2. The molecule has 2 saturated heterocycles. The van der Waals surface area contributed by atoms with Crippen molar-refractivity contribution in [1.29, 1.82) is 0 Å². The van der Waals surface area contributed by atoms with Gasteiger partial charge >= 0.3 is 6.18 Å². The molecule has 7 heterocycles. The first kappa shape index (κ1) is 33.6. The van der Waals surface area contributed by atoms with Crippen LogP contribution in [0.5, 0.6) is 11.5 Å². The summed E-state index contributed by atoms with van der Waals surface area (Å²) in [5.41, 5.74) is 1.65. The Labute approximate surface area is 280 Å². The molecule has 5 aromatic heterocycles. The molecule has 0 bridgehead atoms. The molecular weight excluding hydrogens is 705 g/mol. The van der Waals surface area contributed by atoms with Crippen molar-refractivity contribution in [1.82, 2.24) is 23.8 Å². The Morgan fingerprint density at radius 1 is 0.854 bits per heavy atom. The van der Waals surface area contributed by atoms with E-state index in [0.29, 0.717) is 56.7 Å². The number of nitrogens with one attached hydrogen (secondary N) is 1. The van der Waals surface area contributed by atoms with Gasteiger partial charge in [0.25, 0.3) is 5.91 Å². The van der Waals surface area contributed by atoms with Crippen molar-refractivity contribution in [2.75, 3.05) is 59.2 Å². The zero-order valence-electron chi connectivity index (χ0n) is 25.7. The van der Waals surface area contributed by atoms with Crippen LogP contribution in [0.3, 0.4) is 0 Å². The maximum atomic E-state index is 12.9. The molecule has 0 radical (unpaired) electrons. The zero-order valence-corrected chi connectivity index (χ0v) is 27.3. The average molecular weight is 736 g/mol. The first-order valence-electron chi connectivity index (χ1n) is 14.7. The van der Waals surface area contributed by atoms with E-state index >= 15 is 0 Å². The van der Waals surface area contributed by atoms with Gasteiger partial charge in [-0.15, -0.1) is 0 Å². The van der Waals surface area contributed by atoms with Gasteiger partial charge in [-0.3, -0.25) is 4.79 Å². The minimum Gasteiger partial charge on any atom is -0.495 e. The van der Waals surface area contributed by atoms with Crippen LogP contribution in [0, 0.1) is 0 Å². The number of fused-ring (bicyclic) bond motifs is 2. The van der Waals surface area contributed by atoms with Crippen molar-refractivity contribution in [3.05, 3.63) is 82.4 Å². The van der Waals surface area contributed by atoms with E-state index in [0.717, 1.165) is 33.7 Å². The lowest BCUT2D eigenvalue weighted by Gasteiger charge is -2.20. The summed E-state index contributed by atoms with van der Waals surface area (Å²) in [5.74, 6) is 0.254. The number of amides is 1. The molecule has 2 aliphatic rings. The summed E-state index contributed by atoms with van der Waals surface area (Å²) < 4.78 is 75.7. The van der Waals surface area contributed by atoms with Crippen molar-refractivity contribution in [2.45, 2.75) is 18.4 Å². The predicted octanol–water partition coefficient (Wildman–Crippen LogP) is 5.29. The van der Waals surface area contributed by atoms with Crippen LogP contribution < -0.4 is 14.8 Å². The van der Waals surface area contributed by atoms with Crippen LogP contribution in [0.4, 0.5) is 18.9 Å². The molecule has 0 spiro atoms. The monoisotopic (exact) mass is 734 g/mol. The van der Waals surface area contributed by atoms with Crippen LogP contribution in [-0.2, 0) is 25.1 Å². The Morgan fingerprint density at radius 3 is 1.98 bits per heavy atom. The van der Waals surface area contributed by atoms with Gasteiger partial charge in [0.15, 0.2) is 0 Å². The van der Waals surface area contributed by atoms with E-state index in [1.54, 1.807) is 30.0 Å². The van der Waals surface area contributed by atoms with Crippen LogP contribution in [0.2, 0.25) is 0 Å². The molecule has 0 aromatic carbocycles. The quantitative estimate of drug-likeness (QED) is 0.246. The molecular formula is C31H30BrF3N6O7. The van der Waals surface area contributed by atoms with Crippen LogP contribution in [0.25, 0.3) is 11.3 Å². The summed E-state index contributed by atoms with van der Waals surface area (Å²) in [6, 6.07) is 6.61. The van der Waals surface area contributed by atoms with Gasteiger partial charge in [-0.05, 0) is 28.1 Å². The molecule has 48 heavy (non-hydrogen) atoms. The fraction of sp³-hybridized carbons (Fsp3) is 0.355. The van der Waals surface area contributed by atoms with Crippen molar-refractivity contribution < 1.29 is 46.4 Å². The number of nitrogens with zero attached hydrogens (tertiary/aromatic N) is 5. The Kier molecular flexibility index (Phi) is 10.1. The van der Waals surface area contributed by atoms with Gasteiger partial charge in [0, 0.05) is 36.9 Å². The third-order valence-electron chi connectivity index (χ3n) is 7.35. The molecule has 7 rings (SSSR count). The Bertz CT molecular complexity index is 1910. The molecule has 0 saturated carbocycles. The number of methoxy groups -OCH3 is 2. The standard InChI is InChI=1S/C19H17F3N4O4.C12H13BrN2O3/c1-28-14-7-17-24-13(15-10-29-5-6-30-15)9-26(17)8-12(14)25-18(27)11-3-2-4-16(23-11)19(20,21)22;1-16-10-4-12-14-9(6-15(12)5-8(10)13)11-7-17-2-3-18-11/h2-4,7-9,15H,5-6,10H2,1H3,(H,25,27);4-6,11H,2-3,7H2,1H3. The summed E-state index contributed by atoms with van der Waals surface area (Å²) >= 11 is 3.45. The van der Waals surface area contributed by atoms with E-state index in [4.69, 9.17) is 28.4 Å². The Morgan fingerprint density at radius 2 is 1.44 bits per heavy atom. The average Bonchev–Trinajstić information content (AvgIpc) is 3.72. The molecule has 13 nitrogen and oxygen atoms in total. The second-order valence-electron chi connectivity index (χ2n) is 10.5. The van der Waals surface area contributed by atoms with Crippen LogP contribution >= 0.6 is 15.9 Å². The normalized spacial score (nSPS) is 18.3. The number of pyridine rings is 3. The molecule has 2 aliphatic heterocycles. The van der Waals surface area contributed by atoms with Gasteiger partial charge in [-0.1, -0.05) is 6.07 Å². The van der Waals surface area contributed by atoms with Crippen LogP contribution in [-0.4, -0.2) is 83.5 Å². The van der Waals surface area contributed by atoms with E-state index in [-0.39, 0.29) is 23.6 Å². The molecule has 5 aromatic rings. The maximum absolute atomic E-state index is 12.9. The van der Waals surface area contributed by atoms with Crippen molar-refractivity contribution in [2.24, 2.45) is 0 Å². The summed E-state index contributed by atoms with van der Waals surface area (Å²) in [7, 11) is 3.05. The highest BCUT2D eigenvalue weighted by Gasteiger charge is 2.33. The number of carbonyl (C=O) groups is 1. The lowest BCUT2D eigenvalue weighted by Crippen LogP contribution is -2.22. The molecule has 2 atom stereocenters. The summed E-state index contributed by atoms with van der Waals surface area (Å²) in [4.78, 5) is 24.9. The third kappa shape index (κ3) is 7.55. The molecule has 1 amide bonds. The minimum atomic E-state index is -4.65. The van der Waals surface area contributed by atoms with Crippen molar-refractivity contribution in [3.8, 4) is 11.5 Å². The topological polar surface area (TPSA) is 132 Å². The first-order valence-corrected chi connectivity index (χ1v) is 15.5. The SMILES string of the molecule is COc1cc2nc(C3COCCO3)cn2cc1Br.COc1cc2nc(C3COCCO3)cn2cc1NC(=O)c1cccc(C(F)(F)F)n1. The number of rotatable bonds is 6. The second-order valence-corrected chi connectivity index (χ2v) is 11.4. The molecule has 0 aliphatic carbocycles. The van der Waals surface area contributed by atoms with Gasteiger partial charge in [0.05, 0.1) is 69.7 Å². The number of ether oxygens (including phenoxy) is 6. The Balaban J connectivity index is 0.000000189. The van der Waals surface area contributed by atoms with E-state index in [2.05, 4.69) is 36.2 Å². The smallest absolute Gasteiger partial charge is 0.433 e. The van der Waals surface area contributed by atoms with E-state index in [9.17, 15) is 18.0 Å². The fourth-order valence-electron chi connectivity index (χ4n) is 5.00. The summed E-state index contributed by atoms with van der Waals surface area (Å²) in [5, 5.41) is 2.54. The highest BCUT2D eigenvalue weighted by atomic mass is 79.9. The lowest BCUT2D eigenvalue weighted by molar-refractivity contribution is -0.141. The van der Waals surface area contributed by atoms with Gasteiger partial charge < -0.3 is 42.5 Å². The molecule has 254 valence electrons. The predicted molar refractivity (Wildman–Crippen MR) is 167 cm³/mol. The van der Waals surface area contributed by atoms with E-state index < -0.39 is 17.8 Å². The highest BCUT2D eigenvalue weighted by Crippen LogP contribution is 2.31. The number of halogens is 4. The van der Waals surface area contributed by atoms with Crippen molar-refractivity contribution >= 4 is 38.8 Å². The number of hydrogen-bond acceptors (Lipinski definition) is 10. The van der Waals surface area contributed by atoms with Gasteiger partial charge in [-0.25, -0.2) is 15.0 Å². The highest BCUT2D eigenvalue weighted by molar-refractivity contribution is 9.10. The lowest BCUT2D eigenvalue weighted by atomic mass is 10.2. The fourth-order valence-corrected chi connectivity index (χ4v) is 5.49. The zero-order chi connectivity index (χ0) is 33.8. The number of aromatic nitrogens is 5. The second kappa shape index (κ2) is 14.4. The van der Waals surface area contributed by atoms with Gasteiger partial charge in [0.2, 0.25) is 0 Å². The van der Waals surface area contributed by atoms with Crippen molar-refractivity contribution in [3.63, 3.8) is 0 Å². The minimum absolute atomic E-state index is 0.0802. The number of hydrogen-bond donors (Lipinski definition) is 1. The third-order valence-corrected chi connectivity index (χ3v) is 7.95. The first-order chi connectivity index (χ1) is 23.1. The molecule has 2 unspecified atom stereocenters. The molecule has 1 N–H and O–H groups in total. The molecule has 2 fully saturated rings. The summed E-state index contributed by atoms with van der Waals surface area (Å²) in [6.07, 6.45) is 2.13.